The number of carbonyl (C=O) groups is 2. The highest BCUT2D eigenvalue weighted by Crippen LogP contribution is 2.17. The van der Waals surface area contributed by atoms with Gasteiger partial charge in [0.25, 0.3) is 0 Å². The lowest BCUT2D eigenvalue weighted by Crippen LogP contribution is -2.55. The monoisotopic (exact) mass is 341 g/mol. The second kappa shape index (κ2) is 8.05. The highest BCUT2D eigenvalue weighted by Gasteiger charge is 2.29. The van der Waals surface area contributed by atoms with Crippen LogP contribution in [-0.2, 0) is 9.47 Å². The Morgan fingerprint density at radius 3 is 2.62 bits per heavy atom. The molecule has 2 N–H and O–H groups in total. The van der Waals surface area contributed by atoms with Crippen LogP contribution in [0, 0.1) is 0 Å². The molecule has 2 fully saturated rings. The summed E-state index contributed by atoms with van der Waals surface area (Å²) in [7, 11) is 0. The number of nitrogens with zero attached hydrogens (tertiary/aromatic N) is 1. The second-order valence-electron chi connectivity index (χ2n) is 7.72. The predicted molar refractivity (Wildman–Crippen MR) is 90.9 cm³/mol. The minimum absolute atomic E-state index is 0.000749. The molecule has 0 aromatic carbocycles. The zero-order valence-electron chi connectivity index (χ0n) is 15.3. The van der Waals surface area contributed by atoms with Gasteiger partial charge in [-0.2, -0.15) is 0 Å². The van der Waals surface area contributed by atoms with E-state index in [2.05, 4.69) is 10.6 Å². The van der Waals surface area contributed by atoms with Gasteiger partial charge in [-0.25, -0.2) is 9.59 Å². The third kappa shape index (κ3) is 5.85. The van der Waals surface area contributed by atoms with E-state index in [-0.39, 0.29) is 24.2 Å². The van der Waals surface area contributed by atoms with Crippen LogP contribution in [0.3, 0.4) is 0 Å². The Kier molecular flexibility index (Phi) is 6.32. The van der Waals surface area contributed by atoms with Crippen molar-refractivity contribution in [3.8, 4) is 0 Å². The summed E-state index contributed by atoms with van der Waals surface area (Å²) in [5.74, 6) is 0. The second-order valence-corrected chi connectivity index (χ2v) is 7.72. The lowest BCUT2D eigenvalue weighted by Gasteiger charge is -2.34. The average molecular weight is 341 g/mol. The Bertz CT molecular complexity index is 444. The van der Waals surface area contributed by atoms with Crippen LogP contribution >= 0.6 is 0 Å². The average Bonchev–Trinajstić information content (AvgIpc) is 2.99. The molecule has 0 radical (unpaired) electrons. The van der Waals surface area contributed by atoms with E-state index in [0.717, 1.165) is 32.3 Å². The number of amides is 3. The molecule has 2 heterocycles. The summed E-state index contributed by atoms with van der Waals surface area (Å²) in [6.45, 7) is 9.46. The first-order valence-corrected chi connectivity index (χ1v) is 8.91. The number of hydrogen-bond acceptors (Lipinski definition) is 4. The minimum atomic E-state index is -0.521. The Labute approximate surface area is 144 Å². The van der Waals surface area contributed by atoms with Gasteiger partial charge in [0.2, 0.25) is 0 Å². The molecular weight excluding hydrogens is 310 g/mol. The van der Waals surface area contributed by atoms with E-state index < -0.39 is 11.7 Å². The third-order valence-electron chi connectivity index (χ3n) is 4.30. The van der Waals surface area contributed by atoms with E-state index in [1.807, 2.05) is 27.7 Å². The van der Waals surface area contributed by atoms with E-state index in [9.17, 15) is 9.59 Å². The number of piperidine rings is 1. The Morgan fingerprint density at radius 1 is 1.25 bits per heavy atom. The molecule has 0 saturated carbocycles. The number of carbonyl (C=O) groups excluding carboxylic acids is 2. The molecule has 7 heteroatoms. The Balaban J connectivity index is 1.79. The fraction of sp³-hybridized carbons (Fsp3) is 0.882. The van der Waals surface area contributed by atoms with Crippen molar-refractivity contribution in [1.82, 2.24) is 15.5 Å². The predicted octanol–water partition coefficient (Wildman–Crippen LogP) is 2.25. The number of urea groups is 1. The van der Waals surface area contributed by atoms with E-state index in [1.165, 1.54) is 0 Å². The number of alkyl carbamates (subject to hydrolysis) is 1. The lowest BCUT2D eigenvalue weighted by atomic mass is 10.1. The zero-order valence-corrected chi connectivity index (χ0v) is 15.3. The number of rotatable bonds is 3. The summed E-state index contributed by atoms with van der Waals surface area (Å²) < 4.78 is 10.9. The van der Waals surface area contributed by atoms with Gasteiger partial charge in [0, 0.05) is 25.7 Å². The van der Waals surface area contributed by atoms with Crippen LogP contribution in [-0.4, -0.2) is 60.5 Å². The van der Waals surface area contributed by atoms with Crippen molar-refractivity contribution < 1.29 is 19.1 Å². The number of likely N-dealkylation sites (tertiary alicyclic amines) is 1. The molecule has 0 aromatic heterocycles. The fourth-order valence-electron chi connectivity index (χ4n) is 3.13. The molecule has 0 bridgehead atoms. The number of nitrogens with one attached hydrogen (secondary N) is 2. The molecule has 24 heavy (non-hydrogen) atoms. The van der Waals surface area contributed by atoms with E-state index in [0.29, 0.717) is 13.1 Å². The van der Waals surface area contributed by atoms with Crippen LogP contribution in [0.25, 0.3) is 0 Å². The normalized spacial score (nSPS) is 25.9. The third-order valence-corrected chi connectivity index (χ3v) is 4.30. The van der Waals surface area contributed by atoms with Gasteiger partial charge < -0.3 is 25.0 Å². The van der Waals surface area contributed by atoms with Crippen LogP contribution in [0.2, 0.25) is 0 Å². The summed E-state index contributed by atoms with van der Waals surface area (Å²) >= 11 is 0. The topological polar surface area (TPSA) is 79.9 Å². The molecule has 138 valence electrons. The van der Waals surface area contributed by atoms with Gasteiger partial charge in [0.05, 0.1) is 12.1 Å². The first kappa shape index (κ1) is 18.8. The maximum Gasteiger partial charge on any atom is 0.407 e. The smallest absolute Gasteiger partial charge is 0.407 e. The fourth-order valence-corrected chi connectivity index (χ4v) is 3.13. The van der Waals surface area contributed by atoms with Gasteiger partial charge in [-0.3, -0.25) is 0 Å². The highest BCUT2D eigenvalue weighted by molar-refractivity contribution is 5.75. The molecule has 2 saturated heterocycles. The van der Waals surface area contributed by atoms with E-state index >= 15 is 0 Å². The summed E-state index contributed by atoms with van der Waals surface area (Å²) in [5.41, 5.74) is -0.521. The van der Waals surface area contributed by atoms with E-state index in [1.54, 1.807) is 4.90 Å². The van der Waals surface area contributed by atoms with Crippen LogP contribution in [0.4, 0.5) is 9.59 Å². The van der Waals surface area contributed by atoms with Crippen molar-refractivity contribution in [2.24, 2.45) is 0 Å². The summed E-state index contributed by atoms with van der Waals surface area (Å²) in [5, 5.41) is 5.88. The maximum atomic E-state index is 12.4. The molecule has 0 aliphatic carbocycles. The largest absolute Gasteiger partial charge is 0.444 e. The van der Waals surface area contributed by atoms with E-state index in [4.69, 9.17) is 9.47 Å². The summed E-state index contributed by atoms with van der Waals surface area (Å²) in [6.07, 6.45) is 3.43. The first-order valence-electron chi connectivity index (χ1n) is 8.91. The van der Waals surface area contributed by atoms with Gasteiger partial charge in [-0.05, 0) is 53.4 Å². The van der Waals surface area contributed by atoms with Crippen molar-refractivity contribution >= 4 is 12.1 Å². The molecule has 0 unspecified atom stereocenters. The molecule has 2 aliphatic rings. The molecule has 2 rings (SSSR count). The molecule has 3 atom stereocenters. The Morgan fingerprint density at radius 2 is 2.00 bits per heavy atom. The molecule has 0 spiro atoms. The highest BCUT2D eigenvalue weighted by atomic mass is 16.6. The van der Waals surface area contributed by atoms with Gasteiger partial charge in [-0.15, -0.1) is 0 Å². The van der Waals surface area contributed by atoms with Gasteiger partial charge >= 0.3 is 12.1 Å². The van der Waals surface area contributed by atoms with Crippen molar-refractivity contribution in [2.75, 3.05) is 19.7 Å². The maximum absolute atomic E-state index is 12.4. The van der Waals surface area contributed by atoms with Crippen LogP contribution < -0.4 is 10.6 Å². The summed E-state index contributed by atoms with van der Waals surface area (Å²) in [4.78, 5) is 26.1. The van der Waals surface area contributed by atoms with Crippen LogP contribution in [0.1, 0.15) is 53.4 Å². The number of hydrogen-bond donors (Lipinski definition) is 2. The minimum Gasteiger partial charge on any atom is -0.444 e. The standard InChI is InChI=1S/C17H31N3O4/c1-12(14-8-6-10-23-14)18-15(21)20-9-5-7-13(11-20)19-16(22)24-17(2,3)4/h12-14H,5-11H2,1-4H3,(H,18,21)(H,19,22)/t12-,13-,14-/m0/s1. The molecule has 7 nitrogen and oxygen atoms in total. The van der Waals surface area contributed by atoms with Crippen LogP contribution in [0.5, 0.6) is 0 Å². The van der Waals surface area contributed by atoms with Gasteiger partial charge in [0.1, 0.15) is 5.60 Å². The van der Waals surface area contributed by atoms with Gasteiger partial charge in [0.15, 0.2) is 0 Å². The van der Waals surface area contributed by atoms with Crippen molar-refractivity contribution in [2.45, 2.75) is 77.2 Å². The molecular formula is C17H31N3O4. The summed E-state index contributed by atoms with van der Waals surface area (Å²) in [6, 6.07) is -0.162. The molecule has 0 aromatic rings. The SMILES string of the molecule is C[C@H](NC(=O)N1CCC[C@H](NC(=O)OC(C)(C)C)C1)[C@@H]1CCCO1. The quantitative estimate of drug-likeness (QED) is 0.825. The first-order chi connectivity index (χ1) is 11.2. The van der Waals surface area contributed by atoms with Gasteiger partial charge in [-0.1, -0.05) is 0 Å². The van der Waals surface area contributed by atoms with Crippen LogP contribution in [0.15, 0.2) is 0 Å². The van der Waals surface area contributed by atoms with Crippen molar-refractivity contribution in [1.29, 1.82) is 0 Å². The molecule has 2 aliphatic heterocycles. The zero-order chi connectivity index (χ0) is 17.7. The number of ether oxygens (including phenoxy) is 2. The molecule has 3 amide bonds. The lowest BCUT2D eigenvalue weighted by molar-refractivity contribution is 0.0476. The van der Waals surface area contributed by atoms with Crippen molar-refractivity contribution in [3.05, 3.63) is 0 Å². The Hall–Kier alpha value is -1.50. The van der Waals surface area contributed by atoms with Crippen molar-refractivity contribution in [3.63, 3.8) is 0 Å².